The van der Waals surface area contributed by atoms with Gasteiger partial charge in [-0.3, -0.25) is 4.79 Å². The van der Waals surface area contributed by atoms with E-state index in [1.165, 1.54) is 32.1 Å². The number of rotatable bonds is 9. The average molecular weight is 227 g/mol. The lowest BCUT2D eigenvalue weighted by atomic mass is 9.90. The quantitative estimate of drug-likeness (QED) is 0.636. The third-order valence-corrected chi connectivity index (χ3v) is 3.54. The molecule has 3 heteroatoms. The molecule has 1 saturated carbocycles. The van der Waals surface area contributed by atoms with Crippen molar-refractivity contribution in [2.24, 2.45) is 23.5 Å². The van der Waals surface area contributed by atoms with Crippen LogP contribution in [-0.4, -0.2) is 17.6 Å². The molecular weight excluding hydrogens is 202 g/mol. The van der Waals surface area contributed by atoms with Gasteiger partial charge in [0.1, 0.15) is 0 Å². The van der Waals surface area contributed by atoms with Gasteiger partial charge in [-0.1, -0.05) is 39.0 Å². The van der Waals surface area contributed by atoms with Crippen LogP contribution in [-0.2, 0) is 4.79 Å². The number of hydrogen-bond donors (Lipinski definition) is 2. The predicted octanol–water partition coefficient (Wildman–Crippen LogP) is 2.64. The minimum Gasteiger partial charge on any atom is -0.481 e. The van der Waals surface area contributed by atoms with Crippen molar-refractivity contribution in [3.8, 4) is 0 Å². The van der Waals surface area contributed by atoms with E-state index in [0.717, 1.165) is 12.3 Å². The summed E-state index contributed by atoms with van der Waals surface area (Å²) in [6.07, 6.45) is 7.95. The van der Waals surface area contributed by atoms with Crippen molar-refractivity contribution in [1.82, 2.24) is 0 Å². The molecule has 3 N–H and O–H groups in total. The maximum Gasteiger partial charge on any atom is 0.303 e. The fourth-order valence-corrected chi connectivity index (χ4v) is 2.36. The summed E-state index contributed by atoms with van der Waals surface area (Å²) in [5.41, 5.74) is 5.59. The molecule has 3 nitrogen and oxygen atoms in total. The van der Waals surface area contributed by atoms with E-state index >= 15 is 0 Å². The van der Waals surface area contributed by atoms with Gasteiger partial charge in [-0.25, -0.2) is 0 Å². The molecule has 0 bridgehead atoms. The number of nitrogens with two attached hydrogens (primary N) is 1. The first-order valence-corrected chi connectivity index (χ1v) is 6.53. The van der Waals surface area contributed by atoms with Crippen LogP contribution >= 0.6 is 0 Å². The highest BCUT2D eigenvalue weighted by Gasteiger charge is 2.21. The van der Waals surface area contributed by atoms with E-state index < -0.39 is 5.97 Å². The van der Waals surface area contributed by atoms with E-state index in [9.17, 15) is 4.79 Å². The molecule has 0 aliphatic heterocycles. The largest absolute Gasteiger partial charge is 0.481 e. The summed E-state index contributed by atoms with van der Waals surface area (Å²) in [5.74, 6) is 1.07. The minimum absolute atomic E-state index is 0.161. The Hall–Kier alpha value is -0.570. The third kappa shape index (κ3) is 6.11. The molecule has 94 valence electrons. The first kappa shape index (κ1) is 13.5. The molecule has 0 spiro atoms. The van der Waals surface area contributed by atoms with E-state index in [-0.39, 0.29) is 12.3 Å². The molecule has 0 radical (unpaired) electrons. The van der Waals surface area contributed by atoms with Crippen molar-refractivity contribution in [2.75, 3.05) is 6.54 Å². The summed E-state index contributed by atoms with van der Waals surface area (Å²) in [7, 11) is 0. The Balaban J connectivity index is 2.08. The summed E-state index contributed by atoms with van der Waals surface area (Å²) < 4.78 is 0. The molecule has 0 aromatic carbocycles. The standard InChI is InChI=1S/C13H25NO2/c1-10(3-2-4-11-5-6-11)7-12(9-14)8-13(15)16/h10-12H,2-9,14H2,1H3,(H,15,16). The highest BCUT2D eigenvalue weighted by Crippen LogP contribution is 2.34. The lowest BCUT2D eigenvalue weighted by Gasteiger charge is -2.17. The van der Waals surface area contributed by atoms with E-state index in [0.29, 0.717) is 12.5 Å². The van der Waals surface area contributed by atoms with Crippen LogP contribution in [0.3, 0.4) is 0 Å². The second kappa shape index (κ2) is 6.89. The Morgan fingerprint density at radius 1 is 1.50 bits per heavy atom. The van der Waals surface area contributed by atoms with Crippen molar-refractivity contribution in [2.45, 2.75) is 51.9 Å². The van der Waals surface area contributed by atoms with Crippen LogP contribution in [0.4, 0.5) is 0 Å². The van der Waals surface area contributed by atoms with Crippen LogP contribution in [0.5, 0.6) is 0 Å². The van der Waals surface area contributed by atoms with Crippen LogP contribution in [0.2, 0.25) is 0 Å². The molecule has 2 atom stereocenters. The number of hydrogen-bond acceptors (Lipinski definition) is 2. The summed E-state index contributed by atoms with van der Waals surface area (Å²) >= 11 is 0. The molecule has 1 aliphatic carbocycles. The Morgan fingerprint density at radius 2 is 2.19 bits per heavy atom. The maximum atomic E-state index is 10.6. The van der Waals surface area contributed by atoms with Gasteiger partial charge in [0.25, 0.3) is 0 Å². The minimum atomic E-state index is -0.722. The van der Waals surface area contributed by atoms with Crippen molar-refractivity contribution in [3.05, 3.63) is 0 Å². The van der Waals surface area contributed by atoms with Crippen LogP contribution < -0.4 is 5.73 Å². The van der Waals surface area contributed by atoms with Gasteiger partial charge < -0.3 is 10.8 Å². The molecule has 1 rings (SSSR count). The zero-order valence-electron chi connectivity index (χ0n) is 10.3. The molecule has 1 aliphatic rings. The van der Waals surface area contributed by atoms with Gasteiger partial charge >= 0.3 is 5.97 Å². The lowest BCUT2D eigenvalue weighted by molar-refractivity contribution is -0.138. The van der Waals surface area contributed by atoms with Crippen LogP contribution in [0, 0.1) is 17.8 Å². The lowest BCUT2D eigenvalue weighted by Crippen LogP contribution is -2.20. The summed E-state index contributed by atoms with van der Waals surface area (Å²) in [5, 5.41) is 8.73. The molecule has 0 amide bonds. The van der Waals surface area contributed by atoms with Gasteiger partial charge in [-0.2, -0.15) is 0 Å². The van der Waals surface area contributed by atoms with Crippen molar-refractivity contribution >= 4 is 5.97 Å². The number of carboxylic acids is 1. The van der Waals surface area contributed by atoms with Gasteiger partial charge in [-0.15, -0.1) is 0 Å². The molecule has 0 heterocycles. The highest BCUT2D eigenvalue weighted by atomic mass is 16.4. The molecule has 1 fully saturated rings. The van der Waals surface area contributed by atoms with Crippen molar-refractivity contribution in [1.29, 1.82) is 0 Å². The zero-order valence-corrected chi connectivity index (χ0v) is 10.3. The second-order valence-electron chi connectivity index (χ2n) is 5.41. The number of carbonyl (C=O) groups is 1. The van der Waals surface area contributed by atoms with Gasteiger partial charge in [-0.05, 0) is 30.7 Å². The molecule has 0 saturated heterocycles. The molecule has 2 unspecified atom stereocenters. The van der Waals surface area contributed by atoms with Crippen LogP contribution in [0.15, 0.2) is 0 Å². The smallest absolute Gasteiger partial charge is 0.303 e. The SMILES string of the molecule is CC(CCCC1CC1)CC(CN)CC(=O)O. The fourth-order valence-electron chi connectivity index (χ4n) is 2.36. The Kier molecular flexibility index (Phi) is 5.81. The van der Waals surface area contributed by atoms with Crippen molar-refractivity contribution in [3.63, 3.8) is 0 Å². The van der Waals surface area contributed by atoms with Gasteiger partial charge in [0.05, 0.1) is 0 Å². The summed E-state index contributed by atoms with van der Waals surface area (Å²) in [6, 6.07) is 0. The fraction of sp³-hybridized carbons (Fsp3) is 0.923. The van der Waals surface area contributed by atoms with E-state index in [1.807, 2.05) is 0 Å². The molecule has 16 heavy (non-hydrogen) atoms. The van der Waals surface area contributed by atoms with E-state index in [2.05, 4.69) is 6.92 Å². The maximum absolute atomic E-state index is 10.6. The Morgan fingerprint density at radius 3 is 2.69 bits per heavy atom. The van der Waals surface area contributed by atoms with Gasteiger partial charge in [0.15, 0.2) is 0 Å². The highest BCUT2D eigenvalue weighted by molar-refractivity contribution is 5.67. The number of aliphatic carboxylic acids is 1. The van der Waals surface area contributed by atoms with Crippen molar-refractivity contribution < 1.29 is 9.90 Å². The first-order chi connectivity index (χ1) is 7.61. The Bertz CT molecular complexity index is 214. The topological polar surface area (TPSA) is 63.3 Å². The second-order valence-corrected chi connectivity index (χ2v) is 5.41. The number of carboxylic acid groups (broad SMARTS) is 1. The van der Waals surface area contributed by atoms with E-state index in [1.54, 1.807) is 0 Å². The summed E-state index contributed by atoms with van der Waals surface area (Å²) in [4.78, 5) is 10.6. The zero-order chi connectivity index (χ0) is 12.0. The Labute approximate surface area is 98.4 Å². The van der Waals surface area contributed by atoms with Crippen LogP contribution in [0.25, 0.3) is 0 Å². The predicted molar refractivity (Wildman–Crippen MR) is 65.2 cm³/mol. The first-order valence-electron chi connectivity index (χ1n) is 6.53. The van der Waals surface area contributed by atoms with Gasteiger partial charge in [0.2, 0.25) is 0 Å². The van der Waals surface area contributed by atoms with Gasteiger partial charge in [0, 0.05) is 6.42 Å². The third-order valence-electron chi connectivity index (χ3n) is 3.54. The summed E-state index contributed by atoms with van der Waals surface area (Å²) in [6.45, 7) is 2.72. The normalized spacial score (nSPS) is 19.4. The monoisotopic (exact) mass is 227 g/mol. The molecular formula is C13H25NO2. The van der Waals surface area contributed by atoms with E-state index in [4.69, 9.17) is 10.8 Å². The molecule has 0 aromatic heterocycles. The van der Waals surface area contributed by atoms with Crippen LogP contribution in [0.1, 0.15) is 51.9 Å². The average Bonchev–Trinajstić information content (AvgIpc) is 3.00. The molecule has 0 aromatic rings.